The number of imide groups is 1. The van der Waals surface area contributed by atoms with Gasteiger partial charge in [0, 0.05) is 10.6 Å². The van der Waals surface area contributed by atoms with Crippen molar-refractivity contribution in [3.63, 3.8) is 0 Å². The van der Waals surface area contributed by atoms with Gasteiger partial charge in [-0.3, -0.25) is 14.5 Å². The van der Waals surface area contributed by atoms with E-state index in [-0.39, 0.29) is 30.3 Å². The molecule has 166 valence electrons. The van der Waals surface area contributed by atoms with E-state index in [4.69, 9.17) is 0 Å². The number of benzene rings is 2. The standard InChI is InChI=1S/C25H27N3O3S/c1-17-9-7-8-14-25(17)23(30)27(24(31)26-25)15-22(29)28-19-12-5-6-13-21(19)32-16-20(28)18-10-3-2-4-11-18/h2-6,10-13,17,20H,7-9,14-16H2,1H3,(H,26,31)/t17-,20+,25-/m1/s1. The van der Waals surface area contributed by atoms with Crippen LogP contribution in [0.2, 0.25) is 0 Å². The Morgan fingerprint density at radius 2 is 1.84 bits per heavy atom. The normalized spacial score (nSPS) is 27.4. The second-order valence-corrected chi connectivity index (χ2v) is 9.97. The van der Waals surface area contributed by atoms with Gasteiger partial charge in [-0.25, -0.2) is 4.79 Å². The van der Waals surface area contributed by atoms with Crippen molar-refractivity contribution in [2.75, 3.05) is 17.2 Å². The summed E-state index contributed by atoms with van der Waals surface area (Å²) in [6.07, 6.45) is 3.51. The number of carbonyl (C=O) groups is 3. The molecule has 2 aromatic rings. The van der Waals surface area contributed by atoms with Crippen LogP contribution in [0.4, 0.5) is 10.5 Å². The molecule has 4 amide bonds. The Hall–Kier alpha value is -2.80. The maximum Gasteiger partial charge on any atom is 0.325 e. The molecule has 32 heavy (non-hydrogen) atoms. The van der Waals surface area contributed by atoms with Crippen molar-refractivity contribution < 1.29 is 14.4 Å². The van der Waals surface area contributed by atoms with Gasteiger partial charge >= 0.3 is 6.03 Å². The van der Waals surface area contributed by atoms with Gasteiger partial charge in [0.25, 0.3) is 5.91 Å². The quantitative estimate of drug-likeness (QED) is 0.707. The molecule has 1 saturated heterocycles. The first-order valence-electron chi connectivity index (χ1n) is 11.2. The summed E-state index contributed by atoms with van der Waals surface area (Å²) in [6, 6.07) is 17.1. The van der Waals surface area contributed by atoms with Gasteiger partial charge in [0.1, 0.15) is 12.1 Å². The first-order valence-corrected chi connectivity index (χ1v) is 12.2. The lowest BCUT2D eigenvalue weighted by atomic mass is 9.73. The molecule has 1 saturated carbocycles. The van der Waals surface area contributed by atoms with E-state index in [1.807, 2.05) is 61.5 Å². The molecule has 0 radical (unpaired) electrons. The number of anilines is 1. The Morgan fingerprint density at radius 3 is 2.62 bits per heavy atom. The number of hydrogen-bond donors (Lipinski definition) is 1. The minimum Gasteiger partial charge on any atom is -0.323 e. The molecule has 6 nitrogen and oxygen atoms in total. The van der Waals surface area contributed by atoms with Gasteiger partial charge in [0.05, 0.1) is 11.7 Å². The first kappa shape index (κ1) is 21.1. The molecule has 0 aromatic heterocycles. The summed E-state index contributed by atoms with van der Waals surface area (Å²) in [5, 5.41) is 2.95. The molecule has 2 heterocycles. The highest BCUT2D eigenvalue weighted by Gasteiger charge is 2.55. The van der Waals surface area contributed by atoms with Gasteiger partial charge in [-0.15, -0.1) is 11.8 Å². The summed E-state index contributed by atoms with van der Waals surface area (Å²) in [6.45, 7) is 1.77. The minimum atomic E-state index is -0.857. The van der Waals surface area contributed by atoms with Gasteiger partial charge in [-0.2, -0.15) is 0 Å². The fraction of sp³-hybridized carbons (Fsp3) is 0.400. The number of para-hydroxylation sites is 1. The monoisotopic (exact) mass is 449 g/mol. The Morgan fingerprint density at radius 1 is 1.09 bits per heavy atom. The number of carbonyl (C=O) groups excluding carboxylic acids is 3. The van der Waals surface area contributed by atoms with Crippen LogP contribution in [-0.4, -0.2) is 40.6 Å². The van der Waals surface area contributed by atoms with Crippen LogP contribution in [0.5, 0.6) is 0 Å². The SMILES string of the molecule is C[C@@H]1CCCC[C@@]12NC(=O)N(CC(=O)N1c3ccccc3SC[C@H]1c1ccccc1)C2=O. The Labute approximate surface area is 192 Å². The van der Waals surface area contributed by atoms with E-state index in [0.717, 1.165) is 40.3 Å². The van der Waals surface area contributed by atoms with Crippen LogP contribution in [0, 0.1) is 5.92 Å². The molecule has 0 bridgehead atoms. The smallest absolute Gasteiger partial charge is 0.323 e. The molecule has 0 unspecified atom stereocenters. The zero-order chi connectivity index (χ0) is 22.3. The fourth-order valence-corrected chi connectivity index (χ4v) is 6.44. The van der Waals surface area contributed by atoms with E-state index in [1.54, 1.807) is 16.7 Å². The number of nitrogens with one attached hydrogen (secondary N) is 1. The number of urea groups is 1. The van der Waals surface area contributed by atoms with Crippen LogP contribution in [0.25, 0.3) is 0 Å². The summed E-state index contributed by atoms with van der Waals surface area (Å²) in [4.78, 5) is 43.9. The van der Waals surface area contributed by atoms with E-state index in [2.05, 4.69) is 5.32 Å². The van der Waals surface area contributed by atoms with Gasteiger partial charge in [-0.1, -0.05) is 62.2 Å². The molecule has 2 aromatic carbocycles. The lowest BCUT2D eigenvalue weighted by molar-refractivity contribution is -0.136. The van der Waals surface area contributed by atoms with E-state index in [1.165, 1.54) is 0 Å². The van der Waals surface area contributed by atoms with Crippen molar-refractivity contribution in [3.05, 3.63) is 60.2 Å². The van der Waals surface area contributed by atoms with E-state index in [0.29, 0.717) is 12.2 Å². The molecule has 3 aliphatic rings. The zero-order valence-corrected chi connectivity index (χ0v) is 18.9. The summed E-state index contributed by atoms with van der Waals surface area (Å²) in [7, 11) is 0. The first-order chi connectivity index (χ1) is 15.5. The van der Waals surface area contributed by atoms with E-state index in [9.17, 15) is 14.4 Å². The molecule has 7 heteroatoms. The molecular weight excluding hydrogens is 422 g/mol. The summed E-state index contributed by atoms with van der Waals surface area (Å²) in [5.74, 6) is 0.292. The van der Waals surface area contributed by atoms with Gasteiger partial charge in [0.15, 0.2) is 0 Å². The van der Waals surface area contributed by atoms with E-state index < -0.39 is 11.6 Å². The maximum absolute atomic E-state index is 13.7. The number of nitrogens with zero attached hydrogens (tertiary/aromatic N) is 2. The van der Waals surface area contributed by atoms with Crippen LogP contribution in [0.1, 0.15) is 44.2 Å². The molecule has 3 atom stereocenters. The molecule has 2 fully saturated rings. The van der Waals surface area contributed by atoms with Crippen LogP contribution in [0.3, 0.4) is 0 Å². The number of hydrogen-bond acceptors (Lipinski definition) is 4. The fourth-order valence-electron chi connectivity index (χ4n) is 5.27. The van der Waals surface area contributed by atoms with E-state index >= 15 is 0 Å². The highest BCUT2D eigenvalue weighted by Crippen LogP contribution is 2.43. The average molecular weight is 450 g/mol. The molecule has 2 aliphatic heterocycles. The van der Waals surface area contributed by atoms with Gasteiger partial charge in [0.2, 0.25) is 5.91 Å². The molecule has 1 aliphatic carbocycles. The van der Waals surface area contributed by atoms with Crippen molar-refractivity contribution in [2.24, 2.45) is 5.92 Å². The largest absolute Gasteiger partial charge is 0.325 e. The van der Waals surface area contributed by atoms with Crippen molar-refractivity contribution in [2.45, 2.75) is 49.1 Å². The maximum atomic E-state index is 13.7. The van der Waals surface area contributed by atoms with Gasteiger partial charge in [-0.05, 0) is 36.5 Å². The highest BCUT2D eigenvalue weighted by molar-refractivity contribution is 7.99. The van der Waals surface area contributed by atoms with Crippen LogP contribution < -0.4 is 10.2 Å². The average Bonchev–Trinajstić information content (AvgIpc) is 3.05. The zero-order valence-electron chi connectivity index (χ0n) is 18.1. The van der Waals surface area contributed by atoms with Crippen molar-refractivity contribution in [1.29, 1.82) is 0 Å². The number of thioether (sulfide) groups is 1. The number of fused-ring (bicyclic) bond motifs is 1. The second kappa shape index (κ2) is 8.28. The third-order valence-corrected chi connectivity index (χ3v) is 8.22. The molecular formula is C25H27N3O3S. The Bertz CT molecular complexity index is 1060. The topological polar surface area (TPSA) is 69.7 Å². The third kappa shape index (κ3) is 3.39. The summed E-state index contributed by atoms with van der Waals surface area (Å²) >= 11 is 1.72. The lowest BCUT2D eigenvalue weighted by Crippen LogP contribution is -2.54. The van der Waals surface area contributed by atoms with Gasteiger partial charge < -0.3 is 10.2 Å². The predicted molar refractivity (Wildman–Crippen MR) is 124 cm³/mol. The molecule has 1 spiro atoms. The van der Waals surface area contributed by atoms with Crippen LogP contribution in [-0.2, 0) is 9.59 Å². The molecule has 1 N–H and O–H groups in total. The minimum absolute atomic E-state index is 0.0666. The van der Waals surface area contributed by atoms with Crippen molar-refractivity contribution in [3.8, 4) is 0 Å². The number of amides is 4. The lowest BCUT2D eigenvalue weighted by Gasteiger charge is -2.38. The molecule has 5 rings (SSSR count). The highest BCUT2D eigenvalue weighted by atomic mass is 32.2. The van der Waals surface area contributed by atoms with Crippen molar-refractivity contribution in [1.82, 2.24) is 10.2 Å². The summed E-state index contributed by atoms with van der Waals surface area (Å²) in [5.41, 5.74) is 1.01. The predicted octanol–water partition coefficient (Wildman–Crippen LogP) is 4.37. The van der Waals surface area contributed by atoms with Crippen molar-refractivity contribution >= 4 is 35.3 Å². The Balaban J connectivity index is 1.45. The Kier molecular flexibility index (Phi) is 5.45. The van der Waals surface area contributed by atoms with Crippen LogP contribution >= 0.6 is 11.8 Å². The second-order valence-electron chi connectivity index (χ2n) is 8.91. The number of rotatable bonds is 3. The third-order valence-electron chi connectivity index (χ3n) is 7.08. The van der Waals surface area contributed by atoms with Crippen LogP contribution in [0.15, 0.2) is 59.5 Å². The summed E-state index contributed by atoms with van der Waals surface area (Å²) < 4.78 is 0.